The van der Waals surface area contributed by atoms with Gasteiger partial charge in [-0.3, -0.25) is 4.98 Å². The van der Waals surface area contributed by atoms with Gasteiger partial charge >= 0.3 is 6.18 Å². The molecule has 4 rings (SSSR count). The third-order valence-corrected chi connectivity index (χ3v) is 5.95. The maximum Gasteiger partial charge on any atom is 0.418 e. The van der Waals surface area contributed by atoms with Gasteiger partial charge in [0.15, 0.2) is 5.60 Å². The minimum Gasteiger partial charge on any atom is -0.381 e. The van der Waals surface area contributed by atoms with E-state index in [2.05, 4.69) is 10.3 Å². The average molecular weight is 436 g/mol. The van der Waals surface area contributed by atoms with Crippen LogP contribution in [0.15, 0.2) is 48.5 Å². The molecule has 1 heterocycles. The topological polar surface area (TPSA) is 45.1 Å². The van der Waals surface area contributed by atoms with Crippen LogP contribution in [0.1, 0.15) is 30.5 Å². The number of aliphatic hydroxyl groups is 1. The summed E-state index contributed by atoms with van der Waals surface area (Å²) >= 11 is 0. The number of alkyl halides is 3. The van der Waals surface area contributed by atoms with Crippen molar-refractivity contribution in [3.05, 3.63) is 71.4 Å². The molecular formula is C23H21F5N2O. The number of aromatic nitrogens is 1. The van der Waals surface area contributed by atoms with Crippen LogP contribution in [0.4, 0.5) is 27.6 Å². The first-order chi connectivity index (χ1) is 14.5. The average Bonchev–Trinajstić information content (AvgIpc) is 3.47. The Morgan fingerprint density at radius 3 is 2.48 bits per heavy atom. The van der Waals surface area contributed by atoms with E-state index in [1.54, 1.807) is 30.3 Å². The van der Waals surface area contributed by atoms with Crippen molar-refractivity contribution in [1.29, 1.82) is 0 Å². The standard InChI is InChI=1S/C23H21F5N2O/c1-14-5-7-16-19(3-2-4-20(16)30-14)29-13-22(31,23(26,27)28)12-21(9-10-21)17-11-15(24)6-8-18(17)25/h2-8,11,29,31H,9-10,12-13H2,1H3. The molecule has 3 nitrogen and oxygen atoms in total. The van der Waals surface area contributed by atoms with Gasteiger partial charge in [0, 0.05) is 22.2 Å². The Morgan fingerprint density at radius 1 is 1.06 bits per heavy atom. The lowest BCUT2D eigenvalue weighted by molar-refractivity contribution is -0.259. The molecule has 1 aliphatic carbocycles. The van der Waals surface area contributed by atoms with Gasteiger partial charge in [-0.15, -0.1) is 0 Å². The molecule has 1 aromatic heterocycles. The van der Waals surface area contributed by atoms with Crippen LogP contribution in [-0.2, 0) is 5.41 Å². The van der Waals surface area contributed by atoms with Crippen LogP contribution in [0.5, 0.6) is 0 Å². The van der Waals surface area contributed by atoms with Gasteiger partial charge in [-0.05, 0) is 74.2 Å². The number of aryl methyl sites for hydroxylation is 1. The second-order valence-electron chi connectivity index (χ2n) is 8.29. The van der Waals surface area contributed by atoms with Crippen molar-refractivity contribution in [3.63, 3.8) is 0 Å². The van der Waals surface area contributed by atoms with Gasteiger partial charge in [-0.1, -0.05) is 6.07 Å². The van der Waals surface area contributed by atoms with Crippen molar-refractivity contribution in [2.24, 2.45) is 0 Å². The Morgan fingerprint density at radius 2 is 1.81 bits per heavy atom. The quantitative estimate of drug-likeness (QED) is 0.491. The number of halogens is 5. The molecule has 1 unspecified atom stereocenters. The highest BCUT2D eigenvalue weighted by molar-refractivity contribution is 5.91. The van der Waals surface area contributed by atoms with E-state index in [0.717, 1.165) is 23.9 Å². The lowest BCUT2D eigenvalue weighted by atomic mass is 9.82. The molecule has 1 atom stereocenters. The van der Waals surface area contributed by atoms with E-state index >= 15 is 0 Å². The van der Waals surface area contributed by atoms with Crippen molar-refractivity contribution in [2.45, 2.75) is 43.4 Å². The van der Waals surface area contributed by atoms with E-state index in [0.29, 0.717) is 16.6 Å². The zero-order valence-corrected chi connectivity index (χ0v) is 16.7. The van der Waals surface area contributed by atoms with E-state index in [1.807, 2.05) is 6.92 Å². The summed E-state index contributed by atoms with van der Waals surface area (Å²) in [4.78, 5) is 4.35. The van der Waals surface area contributed by atoms with Crippen LogP contribution < -0.4 is 5.32 Å². The molecule has 1 aliphatic rings. The maximum absolute atomic E-state index is 14.3. The summed E-state index contributed by atoms with van der Waals surface area (Å²) in [5, 5.41) is 14.0. The van der Waals surface area contributed by atoms with Gasteiger partial charge in [0.25, 0.3) is 0 Å². The van der Waals surface area contributed by atoms with Crippen molar-refractivity contribution in [2.75, 3.05) is 11.9 Å². The molecule has 2 N–H and O–H groups in total. The monoisotopic (exact) mass is 436 g/mol. The van der Waals surface area contributed by atoms with Crippen molar-refractivity contribution >= 4 is 16.6 Å². The SMILES string of the molecule is Cc1ccc2c(NCC(O)(CC3(c4cc(F)ccc4F)CC3)C(F)(F)F)cccc2n1. The highest BCUT2D eigenvalue weighted by atomic mass is 19.4. The van der Waals surface area contributed by atoms with E-state index in [1.165, 1.54) is 0 Å². The third-order valence-electron chi connectivity index (χ3n) is 5.95. The van der Waals surface area contributed by atoms with Gasteiger partial charge in [-0.25, -0.2) is 8.78 Å². The van der Waals surface area contributed by atoms with Crippen molar-refractivity contribution in [1.82, 2.24) is 4.98 Å². The fourth-order valence-electron chi connectivity index (χ4n) is 4.07. The number of anilines is 1. The molecule has 0 aliphatic heterocycles. The predicted octanol–water partition coefficient (Wildman–Crippen LogP) is 5.65. The largest absolute Gasteiger partial charge is 0.418 e. The molecule has 3 aromatic rings. The fraction of sp³-hybridized carbons (Fsp3) is 0.348. The number of fused-ring (bicyclic) bond motifs is 1. The molecule has 164 valence electrons. The lowest BCUT2D eigenvalue weighted by Crippen LogP contribution is -2.52. The van der Waals surface area contributed by atoms with Crippen LogP contribution in [-0.4, -0.2) is 28.4 Å². The van der Waals surface area contributed by atoms with Crippen LogP contribution in [0.3, 0.4) is 0 Å². The van der Waals surface area contributed by atoms with Crippen LogP contribution in [0.25, 0.3) is 10.9 Å². The van der Waals surface area contributed by atoms with Crippen LogP contribution in [0, 0.1) is 18.6 Å². The smallest absolute Gasteiger partial charge is 0.381 e. The molecule has 31 heavy (non-hydrogen) atoms. The molecule has 2 aromatic carbocycles. The molecule has 0 spiro atoms. The number of nitrogens with one attached hydrogen (secondary N) is 1. The Hall–Kier alpha value is -2.74. The molecule has 1 saturated carbocycles. The number of pyridine rings is 1. The zero-order valence-electron chi connectivity index (χ0n) is 16.7. The lowest BCUT2D eigenvalue weighted by Gasteiger charge is -2.35. The minimum absolute atomic E-state index is 0.125. The second kappa shape index (κ2) is 7.44. The van der Waals surface area contributed by atoms with Crippen molar-refractivity contribution in [3.8, 4) is 0 Å². The highest BCUT2D eigenvalue weighted by Crippen LogP contribution is 2.56. The van der Waals surface area contributed by atoms with E-state index in [-0.39, 0.29) is 18.4 Å². The van der Waals surface area contributed by atoms with Gasteiger partial charge in [0.2, 0.25) is 0 Å². The fourth-order valence-corrected chi connectivity index (χ4v) is 4.07. The number of nitrogens with zero attached hydrogens (tertiary/aromatic N) is 1. The van der Waals surface area contributed by atoms with Crippen LogP contribution >= 0.6 is 0 Å². The summed E-state index contributed by atoms with van der Waals surface area (Å²) in [6, 6.07) is 11.3. The minimum atomic E-state index is -4.97. The Labute approximate surface area is 175 Å². The normalized spacial score (nSPS) is 17.4. The number of benzene rings is 2. The zero-order chi connectivity index (χ0) is 22.4. The first-order valence-electron chi connectivity index (χ1n) is 9.88. The van der Waals surface area contributed by atoms with E-state index in [9.17, 15) is 27.1 Å². The first kappa shape index (κ1) is 21.5. The Bertz CT molecular complexity index is 1130. The van der Waals surface area contributed by atoms with E-state index < -0.39 is 41.8 Å². The number of hydrogen-bond acceptors (Lipinski definition) is 3. The maximum atomic E-state index is 14.3. The van der Waals surface area contributed by atoms with Gasteiger partial charge in [-0.2, -0.15) is 13.2 Å². The van der Waals surface area contributed by atoms with E-state index in [4.69, 9.17) is 0 Å². The van der Waals surface area contributed by atoms with Gasteiger partial charge in [0.05, 0.1) is 12.1 Å². The first-order valence-corrected chi connectivity index (χ1v) is 9.88. The summed E-state index contributed by atoms with van der Waals surface area (Å²) < 4.78 is 69.8. The molecule has 0 bridgehead atoms. The second-order valence-corrected chi connectivity index (χ2v) is 8.29. The van der Waals surface area contributed by atoms with Gasteiger partial charge < -0.3 is 10.4 Å². The molecule has 0 saturated heterocycles. The molecule has 0 radical (unpaired) electrons. The molecular weight excluding hydrogens is 415 g/mol. The summed E-state index contributed by atoms with van der Waals surface area (Å²) in [6.07, 6.45) is -5.26. The van der Waals surface area contributed by atoms with Gasteiger partial charge in [0.1, 0.15) is 11.6 Å². The molecule has 8 heteroatoms. The Balaban J connectivity index is 1.63. The summed E-state index contributed by atoms with van der Waals surface area (Å²) in [7, 11) is 0. The summed E-state index contributed by atoms with van der Waals surface area (Å²) in [5.74, 6) is -1.50. The number of rotatable bonds is 6. The highest BCUT2D eigenvalue weighted by Gasteiger charge is 2.61. The van der Waals surface area contributed by atoms with Crippen molar-refractivity contribution < 1.29 is 27.1 Å². The predicted molar refractivity (Wildman–Crippen MR) is 108 cm³/mol. The van der Waals surface area contributed by atoms with Crippen LogP contribution in [0.2, 0.25) is 0 Å². The third kappa shape index (κ3) is 4.08. The molecule has 1 fully saturated rings. The molecule has 0 amide bonds. The summed E-state index contributed by atoms with van der Waals surface area (Å²) in [5.41, 5.74) is -2.74. The number of hydrogen-bond donors (Lipinski definition) is 2. The summed E-state index contributed by atoms with van der Waals surface area (Å²) in [6.45, 7) is 0.977. The Kier molecular flexibility index (Phi) is 5.16.